The average Bonchev–Trinajstić information content (AvgIpc) is 2.95. The van der Waals surface area contributed by atoms with E-state index in [1.807, 2.05) is 51.1 Å². The van der Waals surface area contributed by atoms with Gasteiger partial charge in [-0.25, -0.2) is 0 Å². The maximum atomic E-state index is 12.1. The number of carbonyl (C=O) groups is 1. The highest BCUT2D eigenvalue weighted by Crippen LogP contribution is 2.22. The molecule has 3 N–H and O–H groups in total. The van der Waals surface area contributed by atoms with E-state index in [1.54, 1.807) is 13.0 Å². The molecule has 2 aromatic rings. The molecule has 1 amide bonds. The Labute approximate surface area is 143 Å². The van der Waals surface area contributed by atoms with Gasteiger partial charge in [-0.1, -0.05) is 18.2 Å². The van der Waals surface area contributed by atoms with Gasteiger partial charge in [-0.05, 0) is 51.5 Å². The highest BCUT2D eigenvalue weighted by atomic mass is 16.4. The number of aliphatic hydroxyl groups is 1. The molecule has 130 valence electrons. The molecule has 0 saturated carbocycles. The Kier molecular flexibility index (Phi) is 5.80. The number of rotatable bonds is 7. The molecular weight excluding hydrogens is 304 g/mol. The van der Waals surface area contributed by atoms with Crippen molar-refractivity contribution in [2.45, 2.75) is 45.8 Å². The zero-order valence-electron chi connectivity index (χ0n) is 14.7. The average molecular weight is 330 g/mol. The first-order valence-electron chi connectivity index (χ1n) is 8.16. The number of para-hydroxylation sites is 1. The molecule has 0 saturated heterocycles. The molecule has 2 rings (SSSR count). The van der Waals surface area contributed by atoms with Gasteiger partial charge in [0.1, 0.15) is 17.1 Å². The van der Waals surface area contributed by atoms with E-state index in [2.05, 4.69) is 10.6 Å². The van der Waals surface area contributed by atoms with Crippen LogP contribution in [0.25, 0.3) is 0 Å². The zero-order chi connectivity index (χ0) is 17.7. The maximum absolute atomic E-state index is 12.1. The molecule has 2 atom stereocenters. The molecule has 0 fully saturated rings. The van der Waals surface area contributed by atoms with E-state index in [4.69, 9.17) is 4.42 Å². The summed E-state index contributed by atoms with van der Waals surface area (Å²) in [6.45, 7) is 7.71. The van der Waals surface area contributed by atoms with Crippen molar-refractivity contribution in [1.82, 2.24) is 5.32 Å². The van der Waals surface area contributed by atoms with Crippen molar-refractivity contribution < 1.29 is 14.3 Å². The van der Waals surface area contributed by atoms with Crippen LogP contribution in [0.3, 0.4) is 0 Å². The summed E-state index contributed by atoms with van der Waals surface area (Å²) in [5, 5.41) is 16.6. The molecule has 5 nitrogen and oxygen atoms in total. The minimum absolute atomic E-state index is 0.0576. The highest BCUT2D eigenvalue weighted by molar-refractivity contribution is 5.91. The van der Waals surface area contributed by atoms with Gasteiger partial charge in [-0.3, -0.25) is 4.79 Å². The van der Waals surface area contributed by atoms with Crippen molar-refractivity contribution in [3.05, 3.63) is 53.5 Å². The van der Waals surface area contributed by atoms with Crippen molar-refractivity contribution in [2.75, 3.05) is 11.9 Å². The van der Waals surface area contributed by atoms with Crippen molar-refractivity contribution in [1.29, 1.82) is 0 Å². The summed E-state index contributed by atoms with van der Waals surface area (Å²) < 4.78 is 5.48. The van der Waals surface area contributed by atoms with Crippen molar-refractivity contribution in [3.63, 3.8) is 0 Å². The molecule has 2 unspecified atom stereocenters. The van der Waals surface area contributed by atoms with Gasteiger partial charge in [0.05, 0.1) is 0 Å². The summed E-state index contributed by atoms with van der Waals surface area (Å²) in [6.07, 6.45) is 0.321. The number of aryl methyl sites for hydroxylation is 2. The number of anilines is 1. The lowest BCUT2D eigenvalue weighted by atomic mass is 10.0. The fourth-order valence-corrected chi connectivity index (χ4v) is 2.45. The van der Waals surface area contributed by atoms with Gasteiger partial charge >= 0.3 is 0 Å². The maximum Gasteiger partial charge on any atom is 0.225 e. The number of amides is 1. The molecule has 0 radical (unpaired) electrons. The molecule has 0 bridgehead atoms. The number of benzene rings is 1. The molecule has 0 aliphatic carbocycles. The van der Waals surface area contributed by atoms with Crippen LogP contribution in [0.2, 0.25) is 0 Å². The van der Waals surface area contributed by atoms with Crippen LogP contribution in [0.5, 0.6) is 0 Å². The Morgan fingerprint density at radius 1 is 1.25 bits per heavy atom. The fourth-order valence-electron chi connectivity index (χ4n) is 2.45. The van der Waals surface area contributed by atoms with Crippen LogP contribution in [0, 0.1) is 13.8 Å². The van der Waals surface area contributed by atoms with E-state index in [-0.39, 0.29) is 11.9 Å². The van der Waals surface area contributed by atoms with E-state index in [0.29, 0.717) is 18.7 Å². The number of carbonyl (C=O) groups excluding carboxylic acids is 1. The van der Waals surface area contributed by atoms with E-state index in [0.717, 1.165) is 17.0 Å². The molecular formula is C19H26N2O3. The Bertz CT molecular complexity index is 691. The predicted molar refractivity (Wildman–Crippen MR) is 94.9 cm³/mol. The summed E-state index contributed by atoms with van der Waals surface area (Å²) in [5.74, 6) is 1.22. The minimum atomic E-state index is -1.12. The van der Waals surface area contributed by atoms with E-state index >= 15 is 0 Å². The van der Waals surface area contributed by atoms with E-state index in [1.165, 1.54) is 0 Å². The highest BCUT2D eigenvalue weighted by Gasteiger charge is 2.27. The second-order valence-corrected chi connectivity index (χ2v) is 6.53. The normalized spacial score (nSPS) is 14.9. The van der Waals surface area contributed by atoms with Crippen LogP contribution < -0.4 is 10.6 Å². The number of hydrogen-bond acceptors (Lipinski definition) is 4. The van der Waals surface area contributed by atoms with Crippen molar-refractivity contribution >= 4 is 11.6 Å². The molecule has 1 aromatic carbocycles. The minimum Gasteiger partial charge on any atom is -0.463 e. The lowest BCUT2D eigenvalue weighted by Gasteiger charge is -2.24. The van der Waals surface area contributed by atoms with Crippen LogP contribution in [0.4, 0.5) is 5.69 Å². The van der Waals surface area contributed by atoms with Gasteiger partial charge in [0.25, 0.3) is 0 Å². The van der Waals surface area contributed by atoms with Crippen LogP contribution in [0.1, 0.15) is 37.4 Å². The Morgan fingerprint density at radius 2 is 1.96 bits per heavy atom. The first kappa shape index (κ1) is 18.2. The second kappa shape index (κ2) is 7.64. The van der Waals surface area contributed by atoms with Crippen LogP contribution in [0.15, 0.2) is 40.8 Å². The smallest absolute Gasteiger partial charge is 0.225 e. The second-order valence-electron chi connectivity index (χ2n) is 6.53. The first-order valence-corrected chi connectivity index (χ1v) is 8.16. The predicted octanol–water partition coefficient (Wildman–Crippen LogP) is 3.11. The summed E-state index contributed by atoms with van der Waals surface area (Å²) in [7, 11) is 0. The van der Waals surface area contributed by atoms with E-state index < -0.39 is 5.60 Å². The number of furan rings is 1. The molecule has 24 heavy (non-hydrogen) atoms. The summed E-state index contributed by atoms with van der Waals surface area (Å²) in [4.78, 5) is 12.1. The molecule has 1 heterocycles. The molecule has 0 spiro atoms. The monoisotopic (exact) mass is 330 g/mol. The zero-order valence-corrected chi connectivity index (χ0v) is 14.7. The largest absolute Gasteiger partial charge is 0.463 e. The van der Waals surface area contributed by atoms with Gasteiger partial charge < -0.3 is 20.2 Å². The standard InChI is InChI=1S/C19H26N2O3/c1-13-7-5-6-8-16(13)21-18(22)11-14(2)20-12-19(4,23)17-10-9-15(3)24-17/h5-10,14,20,23H,11-12H2,1-4H3,(H,21,22). The van der Waals surface area contributed by atoms with Gasteiger partial charge in [0.2, 0.25) is 5.91 Å². The molecule has 0 aliphatic rings. The van der Waals surface area contributed by atoms with Crippen LogP contribution >= 0.6 is 0 Å². The SMILES string of the molecule is Cc1ccc(C(C)(O)CNC(C)CC(=O)Nc2ccccc2C)o1. The lowest BCUT2D eigenvalue weighted by molar-refractivity contribution is -0.116. The van der Waals surface area contributed by atoms with Crippen molar-refractivity contribution in [3.8, 4) is 0 Å². The summed E-state index contributed by atoms with van der Waals surface area (Å²) >= 11 is 0. The third-order valence-corrected chi connectivity index (χ3v) is 3.98. The van der Waals surface area contributed by atoms with E-state index in [9.17, 15) is 9.90 Å². The Hall–Kier alpha value is -2.11. The number of hydrogen-bond donors (Lipinski definition) is 3. The Morgan fingerprint density at radius 3 is 2.58 bits per heavy atom. The van der Waals surface area contributed by atoms with Gasteiger partial charge in [0.15, 0.2) is 0 Å². The number of nitrogens with one attached hydrogen (secondary N) is 2. The van der Waals surface area contributed by atoms with Gasteiger partial charge in [0, 0.05) is 24.7 Å². The fraction of sp³-hybridized carbons (Fsp3) is 0.421. The van der Waals surface area contributed by atoms with Crippen LogP contribution in [-0.2, 0) is 10.4 Å². The third kappa shape index (κ3) is 4.94. The molecule has 0 aliphatic heterocycles. The van der Waals surface area contributed by atoms with Gasteiger partial charge in [-0.15, -0.1) is 0 Å². The summed E-state index contributed by atoms with van der Waals surface area (Å²) in [6, 6.07) is 11.2. The quantitative estimate of drug-likeness (QED) is 0.729. The van der Waals surface area contributed by atoms with Crippen molar-refractivity contribution in [2.24, 2.45) is 0 Å². The van der Waals surface area contributed by atoms with Crippen LogP contribution in [-0.4, -0.2) is 23.6 Å². The lowest BCUT2D eigenvalue weighted by Crippen LogP contribution is -2.40. The third-order valence-electron chi connectivity index (χ3n) is 3.98. The Balaban J connectivity index is 1.83. The summed E-state index contributed by atoms with van der Waals surface area (Å²) in [5.41, 5.74) is 0.741. The topological polar surface area (TPSA) is 74.5 Å². The molecule has 1 aromatic heterocycles. The molecule has 5 heteroatoms. The van der Waals surface area contributed by atoms with Gasteiger partial charge in [-0.2, -0.15) is 0 Å². The first-order chi connectivity index (χ1) is 11.3.